The highest BCUT2D eigenvalue weighted by Gasteiger charge is 1.98. The first-order valence-corrected chi connectivity index (χ1v) is 4.36. The first kappa shape index (κ1) is 7.85. The number of anilines is 1. The Kier molecular flexibility index (Phi) is 2.54. The first-order chi connectivity index (χ1) is 4.75. The molecule has 0 bridgehead atoms. The summed E-state index contributed by atoms with van der Waals surface area (Å²) in [5.41, 5.74) is 7.91. The average molecular weight is 247 g/mol. The predicted octanol–water partition coefficient (Wildman–Crippen LogP) is 2.44. The Labute approximate surface area is 74.8 Å². The largest absolute Gasteiger partial charge is 0.398 e. The van der Waals surface area contributed by atoms with Gasteiger partial charge in [0, 0.05) is 9.26 Å². The minimum Gasteiger partial charge on any atom is -0.398 e. The second-order valence-electron chi connectivity index (χ2n) is 2.17. The predicted molar refractivity (Wildman–Crippen MR) is 52.9 cm³/mol. The zero-order valence-corrected chi connectivity index (χ0v) is 8.05. The Morgan fingerprint density at radius 2 is 2.20 bits per heavy atom. The van der Waals surface area contributed by atoms with Crippen molar-refractivity contribution in [2.24, 2.45) is 0 Å². The van der Waals surface area contributed by atoms with Crippen molar-refractivity contribution in [1.29, 1.82) is 0 Å². The van der Waals surface area contributed by atoms with Gasteiger partial charge in [-0.05, 0) is 40.6 Å². The van der Waals surface area contributed by atoms with Gasteiger partial charge in [-0.25, -0.2) is 0 Å². The molecular weight excluding hydrogens is 237 g/mol. The van der Waals surface area contributed by atoms with Gasteiger partial charge in [0.05, 0.1) is 0 Å². The van der Waals surface area contributed by atoms with Crippen molar-refractivity contribution >= 4 is 28.3 Å². The van der Waals surface area contributed by atoms with Gasteiger partial charge in [-0.2, -0.15) is 0 Å². The van der Waals surface area contributed by atoms with Crippen LogP contribution in [0.15, 0.2) is 18.2 Å². The molecule has 0 amide bonds. The summed E-state index contributed by atoms with van der Waals surface area (Å²) in [5, 5.41) is 0. The van der Waals surface area contributed by atoms with E-state index < -0.39 is 0 Å². The standard InChI is InChI=1S/C8H10IN/c1-2-6-4-3-5-7(10)8(6)9/h3-5H,2,10H2,1H3. The average Bonchev–Trinajstić information content (AvgIpc) is 1.95. The van der Waals surface area contributed by atoms with Crippen molar-refractivity contribution in [2.75, 3.05) is 5.73 Å². The number of aryl methyl sites for hydroxylation is 1. The molecule has 1 aromatic rings. The van der Waals surface area contributed by atoms with Crippen LogP contribution in [0, 0.1) is 3.57 Å². The normalized spacial score (nSPS) is 9.80. The molecule has 2 heteroatoms. The summed E-state index contributed by atoms with van der Waals surface area (Å²) in [6.45, 7) is 2.14. The van der Waals surface area contributed by atoms with Gasteiger partial charge in [0.25, 0.3) is 0 Å². The summed E-state index contributed by atoms with van der Waals surface area (Å²) < 4.78 is 1.20. The Bertz CT molecular complexity index is 233. The smallest absolute Gasteiger partial charge is 0.0452 e. The van der Waals surface area contributed by atoms with Gasteiger partial charge in [-0.1, -0.05) is 19.1 Å². The summed E-state index contributed by atoms with van der Waals surface area (Å²) >= 11 is 2.28. The SMILES string of the molecule is CCc1cccc(N)c1I. The molecule has 0 atom stereocenters. The van der Waals surface area contributed by atoms with Crippen LogP contribution in [0.1, 0.15) is 12.5 Å². The zero-order valence-electron chi connectivity index (χ0n) is 5.89. The lowest BCUT2D eigenvalue weighted by Gasteiger charge is -2.02. The molecule has 54 valence electrons. The Morgan fingerprint density at radius 3 is 2.70 bits per heavy atom. The van der Waals surface area contributed by atoms with Crippen molar-refractivity contribution in [2.45, 2.75) is 13.3 Å². The van der Waals surface area contributed by atoms with E-state index in [1.807, 2.05) is 12.1 Å². The Morgan fingerprint density at radius 1 is 1.50 bits per heavy atom. The van der Waals surface area contributed by atoms with Crippen LogP contribution >= 0.6 is 22.6 Å². The van der Waals surface area contributed by atoms with Gasteiger partial charge >= 0.3 is 0 Å². The van der Waals surface area contributed by atoms with Crippen molar-refractivity contribution in [1.82, 2.24) is 0 Å². The second kappa shape index (κ2) is 3.23. The summed E-state index contributed by atoms with van der Waals surface area (Å²) in [4.78, 5) is 0. The molecule has 0 fully saturated rings. The maximum Gasteiger partial charge on any atom is 0.0452 e. The summed E-state index contributed by atoms with van der Waals surface area (Å²) in [7, 11) is 0. The molecule has 0 aliphatic heterocycles. The molecular formula is C8H10IN. The topological polar surface area (TPSA) is 26.0 Å². The van der Waals surface area contributed by atoms with Gasteiger partial charge in [-0.3, -0.25) is 0 Å². The molecule has 0 aliphatic carbocycles. The van der Waals surface area contributed by atoms with Crippen LogP contribution in [-0.4, -0.2) is 0 Å². The van der Waals surface area contributed by atoms with Crippen LogP contribution in [0.4, 0.5) is 5.69 Å². The van der Waals surface area contributed by atoms with Gasteiger partial charge in [-0.15, -0.1) is 0 Å². The Hall–Kier alpha value is -0.250. The molecule has 2 N–H and O–H groups in total. The quantitative estimate of drug-likeness (QED) is 0.598. The van der Waals surface area contributed by atoms with E-state index in [1.165, 1.54) is 9.13 Å². The molecule has 0 saturated carbocycles. The number of benzene rings is 1. The Balaban J connectivity index is 3.14. The fourth-order valence-electron chi connectivity index (χ4n) is 0.873. The second-order valence-corrected chi connectivity index (χ2v) is 3.25. The van der Waals surface area contributed by atoms with Gasteiger partial charge in [0.15, 0.2) is 0 Å². The highest BCUT2D eigenvalue weighted by atomic mass is 127. The zero-order chi connectivity index (χ0) is 7.56. The van der Waals surface area contributed by atoms with Gasteiger partial charge < -0.3 is 5.73 Å². The molecule has 0 aromatic heterocycles. The molecule has 0 radical (unpaired) electrons. The van der Waals surface area contributed by atoms with E-state index >= 15 is 0 Å². The van der Waals surface area contributed by atoms with Crippen molar-refractivity contribution in [3.63, 3.8) is 0 Å². The highest BCUT2D eigenvalue weighted by molar-refractivity contribution is 14.1. The summed E-state index contributed by atoms with van der Waals surface area (Å²) in [6.07, 6.45) is 1.06. The lowest BCUT2D eigenvalue weighted by atomic mass is 10.1. The third-order valence-electron chi connectivity index (χ3n) is 1.49. The lowest BCUT2D eigenvalue weighted by molar-refractivity contribution is 1.13. The maximum absolute atomic E-state index is 5.69. The van der Waals surface area contributed by atoms with E-state index in [-0.39, 0.29) is 0 Å². The fraction of sp³-hybridized carbons (Fsp3) is 0.250. The first-order valence-electron chi connectivity index (χ1n) is 3.28. The van der Waals surface area contributed by atoms with Crippen LogP contribution in [0.2, 0.25) is 0 Å². The molecule has 0 aliphatic rings. The van der Waals surface area contributed by atoms with E-state index in [2.05, 4.69) is 35.6 Å². The number of rotatable bonds is 1. The van der Waals surface area contributed by atoms with Crippen molar-refractivity contribution < 1.29 is 0 Å². The van der Waals surface area contributed by atoms with Gasteiger partial charge in [0.2, 0.25) is 0 Å². The van der Waals surface area contributed by atoms with Crippen molar-refractivity contribution in [3.05, 3.63) is 27.3 Å². The maximum atomic E-state index is 5.69. The van der Waals surface area contributed by atoms with Crippen LogP contribution in [0.5, 0.6) is 0 Å². The molecule has 1 nitrogen and oxygen atoms in total. The number of halogens is 1. The van der Waals surface area contributed by atoms with E-state index in [4.69, 9.17) is 5.73 Å². The van der Waals surface area contributed by atoms with E-state index in [0.717, 1.165) is 12.1 Å². The minimum atomic E-state index is 0.889. The lowest BCUT2D eigenvalue weighted by Crippen LogP contribution is -1.93. The monoisotopic (exact) mass is 247 g/mol. The molecule has 0 spiro atoms. The fourth-order valence-corrected chi connectivity index (χ4v) is 1.61. The third kappa shape index (κ3) is 1.42. The molecule has 1 rings (SSSR count). The molecule has 0 saturated heterocycles. The van der Waals surface area contributed by atoms with Crippen LogP contribution in [0.25, 0.3) is 0 Å². The number of nitrogens with two attached hydrogens (primary N) is 1. The van der Waals surface area contributed by atoms with Crippen LogP contribution < -0.4 is 5.73 Å². The molecule has 0 heterocycles. The minimum absolute atomic E-state index is 0.889. The van der Waals surface area contributed by atoms with Crippen LogP contribution in [-0.2, 0) is 6.42 Å². The number of hydrogen-bond acceptors (Lipinski definition) is 1. The summed E-state index contributed by atoms with van der Waals surface area (Å²) in [6, 6.07) is 6.04. The highest BCUT2D eigenvalue weighted by Crippen LogP contribution is 2.19. The van der Waals surface area contributed by atoms with E-state index in [0.29, 0.717) is 0 Å². The van der Waals surface area contributed by atoms with Crippen molar-refractivity contribution in [3.8, 4) is 0 Å². The third-order valence-corrected chi connectivity index (χ3v) is 2.81. The molecule has 10 heavy (non-hydrogen) atoms. The molecule has 0 unspecified atom stereocenters. The number of nitrogen functional groups attached to an aromatic ring is 1. The molecule has 1 aromatic carbocycles. The van der Waals surface area contributed by atoms with Crippen LogP contribution in [0.3, 0.4) is 0 Å². The van der Waals surface area contributed by atoms with E-state index in [9.17, 15) is 0 Å². The van der Waals surface area contributed by atoms with E-state index in [1.54, 1.807) is 0 Å². The summed E-state index contributed by atoms with van der Waals surface area (Å²) in [5.74, 6) is 0. The number of hydrogen-bond donors (Lipinski definition) is 1. The van der Waals surface area contributed by atoms with Gasteiger partial charge in [0.1, 0.15) is 0 Å².